The van der Waals surface area contributed by atoms with Gasteiger partial charge in [-0.25, -0.2) is 0 Å². The second-order valence-corrected chi connectivity index (χ2v) is 6.37. The van der Waals surface area contributed by atoms with Gasteiger partial charge < -0.3 is 16.4 Å². The van der Waals surface area contributed by atoms with E-state index >= 15 is 0 Å². The van der Waals surface area contributed by atoms with Gasteiger partial charge in [0.25, 0.3) is 0 Å². The monoisotopic (exact) mass is 351 g/mol. The minimum atomic E-state index is 0.571. The molecule has 0 aliphatic carbocycles. The lowest BCUT2D eigenvalue weighted by Gasteiger charge is -2.28. The van der Waals surface area contributed by atoms with Crippen LogP contribution in [0, 0.1) is 0 Å². The second kappa shape index (κ2) is 7.26. The normalized spacial score (nSPS) is 10.5. The summed E-state index contributed by atoms with van der Waals surface area (Å²) in [6, 6.07) is 34.7. The third-order valence-corrected chi connectivity index (χ3v) is 4.56. The highest BCUT2D eigenvalue weighted by Crippen LogP contribution is 2.43. The molecule has 3 heteroatoms. The Labute approximate surface area is 159 Å². The zero-order valence-electron chi connectivity index (χ0n) is 14.9. The fourth-order valence-electron chi connectivity index (χ4n) is 3.24. The summed E-state index contributed by atoms with van der Waals surface area (Å²) >= 11 is 0. The lowest BCUT2D eigenvalue weighted by atomic mass is 10.00. The van der Waals surface area contributed by atoms with Crippen LogP contribution >= 0.6 is 0 Å². The van der Waals surface area contributed by atoms with Crippen molar-refractivity contribution < 1.29 is 0 Å². The Hall–Kier alpha value is -3.72. The van der Waals surface area contributed by atoms with Gasteiger partial charge in [0, 0.05) is 16.9 Å². The van der Waals surface area contributed by atoms with Gasteiger partial charge in [0.1, 0.15) is 0 Å². The quantitative estimate of drug-likeness (QED) is 0.444. The number of hydrogen-bond donors (Lipinski definition) is 2. The van der Waals surface area contributed by atoms with Crippen molar-refractivity contribution in [3.63, 3.8) is 0 Å². The maximum absolute atomic E-state index is 6.21. The zero-order chi connectivity index (χ0) is 18.6. The molecule has 132 valence electrons. The third-order valence-electron chi connectivity index (χ3n) is 4.56. The van der Waals surface area contributed by atoms with Crippen LogP contribution in [0.3, 0.4) is 0 Å². The van der Waals surface area contributed by atoms with Crippen molar-refractivity contribution in [1.82, 2.24) is 0 Å². The summed E-state index contributed by atoms with van der Waals surface area (Å²) in [4.78, 5) is 2.21. The van der Waals surface area contributed by atoms with Crippen molar-refractivity contribution in [1.29, 1.82) is 0 Å². The van der Waals surface area contributed by atoms with E-state index in [-0.39, 0.29) is 0 Å². The summed E-state index contributed by atoms with van der Waals surface area (Å²) in [6.45, 7) is 0. The molecular weight excluding hydrogens is 330 g/mol. The minimum Gasteiger partial charge on any atom is -0.397 e. The van der Waals surface area contributed by atoms with E-state index in [1.54, 1.807) is 0 Å². The van der Waals surface area contributed by atoms with Crippen molar-refractivity contribution in [2.75, 3.05) is 16.4 Å². The fourth-order valence-corrected chi connectivity index (χ4v) is 3.24. The van der Waals surface area contributed by atoms with E-state index in [1.807, 2.05) is 66.7 Å². The molecule has 0 atom stereocenters. The highest BCUT2D eigenvalue weighted by molar-refractivity contribution is 5.92. The molecule has 27 heavy (non-hydrogen) atoms. The Morgan fingerprint density at radius 1 is 0.519 bits per heavy atom. The average Bonchev–Trinajstić information content (AvgIpc) is 2.73. The summed E-state index contributed by atoms with van der Waals surface area (Å²) in [5.41, 5.74) is 18.8. The first-order valence-corrected chi connectivity index (χ1v) is 8.88. The third kappa shape index (κ3) is 3.35. The molecule has 0 fully saturated rings. The summed E-state index contributed by atoms with van der Waals surface area (Å²) in [6.07, 6.45) is 0. The molecule has 3 nitrogen and oxygen atoms in total. The van der Waals surface area contributed by atoms with Gasteiger partial charge in [0.05, 0.1) is 17.1 Å². The smallest absolute Gasteiger partial charge is 0.0569 e. The molecule has 0 aliphatic heterocycles. The van der Waals surface area contributed by atoms with Crippen LogP contribution in [0.25, 0.3) is 11.1 Å². The van der Waals surface area contributed by atoms with Crippen LogP contribution in [0.5, 0.6) is 0 Å². The molecule has 4 aromatic rings. The second-order valence-electron chi connectivity index (χ2n) is 6.37. The summed E-state index contributed by atoms with van der Waals surface area (Å²) in [7, 11) is 0. The summed E-state index contributed by atoms with van der Waals surface area (Å²) in [5, 5.41) is 0. The number of nitrogens with two attached hydrogens (primary N) is 2. The van der Waals surface area contributed by atoms with E-state index in [4.69, 9.17) is 11.5 Å². The Kier molecular flexibility index (Phi) is 4.50. The van der Waals surface area contributed by atoms with E-state index < -0.39 is 0 Å². The highest BCUT2D eigenvalue weighted by atomic mass is 15.1. The number of hydrogen-bond acceptors (Lipinski definition) is 3. The largest absolute Gasteiger partial charge is 0.397 e. The first-order valence-electron chi connectivity index (χ1n) is 8.88. The predicted octanol–water partition coefficient (Wildman–Crippen LogP) is 5.99. The average molecular weight is 351 g/mol. The van der Waals surface area contributed by atoms with Crippen molar-refractivity contribution in [2.45, 2.75) is 0 Å². The molecule has 0 amide bonds. The van der Waals surface area contributed by atoms with Crippen molar-refractivity contribution in [3.05, 3.63) is 103 Å². The first-order chi connectivity index (χ1) is 13.2. The lowest BCUT2D eigenvalue weighted by Crippen LogP contribution is -2.12. The van der Waals surface area contributed by atoms with Crippen LogP contribution < -0.4 is 16.4 Å². The van der Waals surface area contributed by atoms with E-state index in [9.17, 15) is 0 Å². The number of nitrogens with zero attached hydrogens (tertiary/aromatic N) is 1. The van der Waals surface area contributed by atoms with Crippen LogP contribution in [-0.2, 0) is 0 Å². The molecular formula is C24H21N3. The SMILES string of the molecule is Nc1cc(-c2ccccc2)c(N(c2ccccc2)c2ccccc2)cc1N. The molecule has 4 aromatic carbocycles. The number of anilines is 5. The lowest BCUT2D eigenvalue weighted by molar-refractivity contribution is 1.28. The van der Waals surface area contributed by atoms with Gasteiger partial charge in [-0.05, 0) is 42.0 Å². The van der Waals surface area contributed by atoms with Crippen LogP contribution in [-0.4, -0.2) is 0 Å². The van der Waals surface area contributed by atoms with Crippen LogP contribution in [0.2, 0.25) is 0 Å². The van der Waals surface area contributed by atoms with E-state index in [0.717, 1.165) is 28.2 Å². The number of para-hydroxylation sites is 2. The van der Waals surface area contributed by atoms with Crippen LogP contribution in [0.1, 0.15) is 0 Å². The zero-order valence-corrected chi connectivity index (χ0v) is 14.9. The molecule has 0 aromatic heterocycles. The number of rotatable bonds is 4. The van der Waals surface area contributed by atoms with Crippen LogP contribution in [0.4, 0.5) is 28.4 Å². The van der Waals surface area contributed by atoms with Gasteiger partial charge >= 0.3 is 0 Å². The molecule has 0 saturated carbocycles. The fraction of sp³-hybridized carbons (Fsp3) is 0. The van der Waals surface area contributed by atoms with Crippen molar-refractivity contribution >= 4 is 28.4 Å². The maximum Gasteiger partial charge on any atom is 0.0569 e. The molecule has 0 unspecified atom stereocenters. The van der Waals surface area contributed by atoms with Gasteiger partial charge in [-0.1, -0.05) is 66.7 Å². The molecule has 4 rings (SSSR count). The van der Waals surface area contributed by atoms with Gasteiger partial charge in [-0.2, -0.15) is 0 Å². The molecule has 0 spiro atoms. The molecule has 0 bridgehead atoms. The van der Waals surface area contributed by atoms with E-state index in [2.05, 4.69) is 41.3 Å². The van der Waals surface area contributed by atoms with E-state index in [1.165, 1.54) is 0 Å². The van der Waals surface area contributed by atoms with Gasteiger partial charge in [-0.3, -0.25) is 0 Å². The molecule has 0 radical (unpaired) electrons. The first kappa shape index (κ1) is 16.7. The Morgan fingerprint density at radius 3 is 1.48 bits per heavy atom. The van der Waals surface area contributed by atoms with E-state index in [0.29, 0.717) is 11.4 Å². The minimum absolute atomic E-state index is 0.571. The highest BCUT2D eigenvalue weighted by Gasteiger charge is 2.18. The topological polar surface area (TPSA) is 55.3 Å². The molecule has 0 saturated heterocycles. The molecule has 4 N–H and O–H groups in total. The predicted molar refractivity (Wildman–Crippen MR) is 115 cm³/mol. The van der Waals surface area contributed by atoms with Crippen molar-refractivity contribution in [3.8, 4) is 11.1 Å². The van der Waals surface area contributed by atoms with Gasteiger partial charge in [-0.15, -0.1) is 0 Å². The van der Waals surface area contributed by atoms with Crippen LogP contribution in [0.15, 0.2) is 103 Å². The standard InChI is InChI=1S/C24H21N3/c25-22-16-21(18-10-4-1-5-11-18)24(17-23(22)26)27(19-12-6-2-7-13-19)20-14-8-3-9-15-20/h1-17H,25-26H2. The van der Waals surface area contributed by atoms with Gasteiger partial charge in [0.2, 0.25) is 0 Å². The summed E-state index contributed by atoms with van der Waals surface area (Å²) < 4.78 is 0. The van der Waals surface area contributed by atoms with Gasteiger partial charge in [0.15, 0.2) is 0 Å². The molecule has 0 heterocycles. The Bertz CT molecular complexity index is 990. The van der Waals surface area contributed by atoms with Crippen molar-refractivity contribution in [2.24, 2.45) is 0 Å². The summed E-state index contributed by atoms with van der Waals surface area (Å²) in [5.74, 6) is 0. The number of benzene rings is 4. The molecule has 0 aliphatic rings. The Morgan fingerprint density at radius 2 is 0.963 bits per heavy atom. The number of nitrogen functional groups attached to an aromatic ring is 2. The Balaban J connectivity index is 1.99. The maximum atomic E-state index is 6.21.